The molecule has 11 rings (SSSR count). The Bertz CT molecular complexity index is 3100. The van der Waals surface area contributed by atoms with Gasteiger partial charge in [0.25, 0.3) is 0 Å². The third-order valence-electron chi connectivity index (χ3n) is 9.89. The Balaban J connectivity index is 1.17. The fourth-order valence-corrected chi connectivity index (χ4v) is 7.59. The summed E-state index contributed by atoms with van der Waals surface area (Å²) in [6, 6.07) is 53.8. The van der Waals surface area contributed by atoms with Gasteiger partial charge < -0.3 is 8.83 Å². The van der Waals surface area contributed by atoms with Gasteiger partial charge in [0.2, 0.25) is 5.95 Å². The maximum absolute atomic E-state index is 6.47. The minimum atomic E-state index is 0.554. The van der Waals surface area contributed by atoms with Gasteiger partial charge in [-0.2, -0.15) is 9.97 Å². The molecule has 0 atom stereocenters. The van der Waals surface area contributed by atoms with Crippen LogP contribution in [0.15, 0.2) is 167 Å². The maximum atomic E-state index is 6.47. The zero-order chi connectivity index (χ0) is 33.5. The first-order valence-electron chi connectivity index (χ1n) is 16.9. The lowest BCUT2D eigenvalue weighted by atomic mass is 9.99. The van der Waals surface area contributed by atoms with Crippen LogP contribution in [0.1, 0.15) is 0 Å². The fourth-order valence-electron chi connectivity index (χ4n) is 7.59. The van der Waals surface area contributed by atoms with Gasteiger partial charge in [0.15, 0.2) is 11.6 Å². The van der Waals surface area contributed by atoms with Gasteiger partial charge in [-0.15, -0.1) is 0 Å². The van der Waals surface area contributed by atoms with E-state index in [4.69, 9.17) is 23.8 Å². The lowest BCUT2D eigenvalue weighted by Gasteiger charge is -2.11. The molecule has 0 spiro atoms. The van der Waals surface area contributed by atoms with Crippen molar-refractivity contribution in [2.75, 3.05) is 0 Å². The zero-order valence-corrected chi connectivity index (χ0v) is 27.1. The van der Waals surface area contributed by atoms with Crippen LogP contribution in [0.5, 0.6) is 0 Å². The molecule has 4 aromatic heterocycles. The topological polar surface area (TPSA) is 69.9 Å². The van der Waals surface area contributed by atoms with Gasteiger partial charge in [0.05, 0.1) is 11.0 Å². The van der Waals surface area contributed by atoms with Crippen LogP contribution >= 0.6 is 0 Å². The highest BCUT2D eigenvalue weighted by Gasteiger charge is 2.21. The van der Waals surface area contributed by atoms with Gasteiger partial charge >= 0.3 is 0 Å². The van der Waals surface area contributed by atoms with Crippen LogP contribution in [0.3, 0.4) is 0 Å². The lowest BCUT2D eigenvalue weighted by molar-refractivity contribution is 0.668. The second kappa shape index (κ2) is 10.7. The Kier molecular flexibility index (Phi) is 5.86. The van der Waals surface area contributed by atoms with Gasteiger partial charge in [-0.1, -0.05) is 121 Å². The Morgan fingerprint density at radius 2 is 1.02 bits per heavy atom. The van der Waals surface area contributed by atoms with E-state index in [0.717, 1.165) is 87.9 Å². The summed E-state index contributed by atoms with van der Waals surface area (Å²) in [5.74, 6) is 1.72. The predicted octanol–water partition coefficient (Wildman–Crippen LogP) is 11.8. The molecule has 0 saturated carbocycles. The first-order valence-corrected chi connectivity index (χ1v) is 16.9. The van der Waals surface area contributed by atoms with Crippen molar-refractivity contribution in [3.05, 3.63) is 158 Å². The van der Waals surface area contributed by atoms with Crippen LogP contribution < -0.4 is 0 Å². The summed E-state index contributed by atoms with van der Waals surface area (Å²) >= 11 is 0. The number of furan rings is 2. The normalized spacial score (nSPS) is 11.9. The number of para-hydroxylation sites is 4. The minimum Gasteiger partial charge on any atom is -0.456 e. The van der Waals surface area contributed by atoms with E-state index in [1.807, 2.05) is 66.7 Å². The Labute approximate surface area is 290 Å². The summed E-state index contributed by atoms with van der Waals surface area (Å²) in [5, 5.41) is 6.42. The summed E-state index contributed by atoms with van der Waals surface area (Å²) in [6.07, 6.45) is 0. The summed E-state index contributed by atoms with van der Waals surface area (Å²) < 4.78 is 15.0. The predicted molar refractivity (Wildman–Crippen MR) is 205 cm³/mol. The SMILES string of the molecule is c1ccc(-c2nc(-c3cccc4oc5ccc(-c6cccc7c6oc6ccccc67)cc5c34)nc(-n3c4ccccc4c4ccccc43)n2)cc1. The smallest absolute Gasteiger partial charge is 0.238 e. The summed E-state index contributed by atoms with van der Waals surface area (Å²) in [5.41, 5.74) is 9.21. The van der Waals surface area contributed by atoms with E-state index >= 15 is 0 Å². The molecule has 0 bridgehead atoms. The number of aromatic nitrogens is 4. The summed E-state index contributed by atoms with van der Waals surface area (Å²) in [6.45, 7) is 0. The molecule has 11 aromatic rings. The van der Waals surface area contributed by atoms with E-state index in [2.05, 4.69) is 95.6 Å². The van der Waals surface area contributed by atoms with Crippen molar-refractivity contribution in [1.29, 1.82) is 0 Å². The van der Waals surface area contributed by atoms with Crippen LogP contribution in [0, 0.1) is 0 Å². The van der Waals surface area contributed by atoms with Crippen molar-refractivity contribution in [3.8, 4) is 39.9 Å². The highest BCUT2D eigenvalue weighted by molar-refractivity contribution is 6.15. The molecule has 6 nitrogen and oxygen atoms in total. The van der Waals surface area contributed by atoms with E-state index in [1.54, 1.807) is 0 Å². The van der Waals surface area contributed by atoms with Gasteiger partial charge in [0.1, 0.15) is 22.3 Å². The molecule has 7 aromatic carbocycles. The average molecular weight is 655 g/mol. The van der Waals surface area contributed by atoms with E-state index in [9.17, 15) is 0 Å². The largest absolute Gasteiger partial charge is 0.456 e. The highest BCUT2D eigenvalue weighted by atomic mass is 16.3. The monoisotopic (exact) mass is 654 g/mol. The quantitative estimate of drug-likeness (QED) is 0.189. The van der Waals surface area contributed by atoms with Crippen LogP contribution in [0.25, 0.3) is 106 Å². The lowest BCUT2D eigenvalue weighted by Crippen LogP contribution is -2.06. The van der Waals surface area contributed by atoms with Gasteiger partial charge in [-0.3, -0.25) is 4.57 Å². The molecule has 0 unspecified atom stereocenters. The molecule has 0 saturated heterocycles. The third kappa shape index (κ3) is 4.20. The molecule has 0 amide bonds. The van der Waals surface area contributed by atoms with E-state index in [0.29, 0.717) is 17.6 Å². The molecule has 0 aliphatic rings. The molecule has 238 valence electrons. The number of fused-ring (bicyclic) bond motifs is 9. The molecule has 0 fully saturated rings. The van der Waals surface area contributed by atoms with Crippen molar-refractivity contribution in [3.63, 3.8) is 0 Å². The summed E-state index contributed by atoms with van der Waals surface area (Å²) in [7, 11) is 0. The number of rotatable bonds is 4. The van der Waals surface area contributed by atoms with Crippen LogP contribution in [-0.2, 0) is 0 Å². The Hall–Kier alpha value is -7.05. The van der Waals surface area contributed by atoms with E-state index in [-0.39, 0.29) is 0 Å². The van der Waals surface area contributed by atoms with Crippen LogP contribution in [0.2, 0.25) is 0 Å². The Morgan fingerprint density at radius 1 is 0.392 bits per heavy atom. The second-order valence-corrected chi connectivity index (χ2v) is 12.8. The van der Waals surface area contributed by atoms with E-state index in [1.165, 1.54) is 0 Å². The van der Waals surface area contributed by atoms with Gasteiger partial charge in [0, 0.05) is 49.0 Å². The standard InChI is InChI=1S/C45H26N4O2/c1-2-12-27(13-3-1)43-46-44(48-45(47-43)49-36-20-7-4-14-30(36)31-15-5-8-21-37(31)49)34-19-11-23-40-41(34)35-26-28(24-25-39(35)50-40)29-17-10-18-33-32-16-6-9-22-38(32)51-42(29)33/h1-26H. The van der Waals surface area contributed by atoms with Crippen molar-refractivity contribution in [2.45, 2.75) is 0 Å². The first-order chi connectivity index (χ1) is 25.3. The van der Waals surface area contributed by atoms with E-state index < -0.39 is 0 Å². The first kappa shape index (κ1) is 27.9. The average Bonchev–Trinajstić information content (AvgIpc) is 3.87. The maximum Gasteiger partial charge on any atom is 0.238 e. The number of hydrogen-bond donors (Lipinski definition) is 0. The van der Waals surface area contributed by atoms with Crippen molar-refractivity contribution < 1.29 is 8.83 Å². The molecule has 6 heteroatoms. The molecule has 0 aliphatic heterocycles. The molecular weight excluding hydrogens is 629 g/mol. The van der Waals surface area contributed by atoms with Crippen molar-refractivity contribution in [2.24, 2.45) is 0 Å². The molecule has 4 heterocycles. The number of benzene rings is 7. The molecular formula is C45H26N4O2. The van der Waals surface area contributed by atoms with Crippen molar-refractivity contribution >= 4 is 65.7 Å². The zero-order valence-electron chi connectivity index (χ0n) is 27.1. The van der Waals surface area contributed by atoms with Gasteiger partial charge in [-0.05, 0) is 42.0 Å². The van der Waals surface area contributed by atoms with Gasteiger partial charge in [-0.25, -0.2) is 4.98 Å². The molecule has 0 radical (unpaired) electrons. The van der Waals surface area contributed by atoms with Crippen LogP contribution in [-0.4, -0.2) is 19.5 Å². The minimum absolute atomic E-state index is 0.554. The van der Waals surface area contributed by atoms with Crippen LogP contribution in [0.4, 0.5) is 0 Å². The third-order valence-corrected chi connectivity index (χ3v) is 9.89. The molecule has 51 heavy (non-hydrogen) atoms. The number of hydrogen-bond acceptors (Lipinski definition) is 5. The number of nitrogens with zero attached hydrogens (tertiary/aromatic N) is 4. The highest BCUT2D eigenvalue weighted by Crippen LogP contribution is 2.41. The Morgan fingerprint density at radius 3 is 1.84 bits per heavy atom. The molecule has 0 N–H and O–H groups in total. The summed E-state index contributed by atoms with van der Waals surface area (Å²) in [4.78, 5) is 15.5. The second-order valence-electron chi connectivity index (χ2n) is 12.8. The fraction of sp³-hybridized carbons (Fsp3) is 0. The van der Waals surface area contributed by atoms with Crippen molar-refractivity contribution in [1.82, 2.24) is 19.5 Å². The molecule has 0 aliphatic carbocycles.